The van der Waals surface area contributed by atoms with Gasteiger partial charge in [0.15, 0.2) is 0 Å². The number of hydrogen-bond donors (Lipinski definition) is 0. The quantitative estimate of drug-likeness (QED) is 0.739. The van der Waals surface area contributed by atoms with Gasteiger partial charge in [0.25, 0.3) is 0 Å². The van der Waals surface area contributed by atoms with Gasteiger partial charge < -0.3 is 4.90 Å². The van der Waals surface area contributed by atoms with Crippen LogP contribution in [-0.4, -0.2) is 23.1 Å². The average molecular weight is 268 g/mol. The highest BCUT2D eigenvalue weighted by atomic mass is 35.5. The van der Waals surface area contributed by atoms with Gasteiger partial charge in [0, 0.05) is 18.0 Å². The molecule has 1 saturated heterocycles. The largest absolute Gasteiger partial charge is 0.356 e. The Hall–Kier alpha value is -0.870. The third-order valence-electron chi connectivity index (χ3n) is 3.12. The minimum atomic E-state index is 0.361. The first kappa shape index (κ1) is 11.2. The van der Waals surface area contributed by atoms with Crippen molar-refractivity contribution < 1.29 is 0 Å². The summed E-state index contributed by atoms with van der Waals surface area (Å²) in [5.74, 6) is 1.02. The minimum Gasteiger partial charge on any atom is -0.356 e. The highest BCUT2D eigenvalue weighted by molar-refractivity contribution is 7.18. The van der Waals surface area contributed by atoms with E-state index in [1.54, 1.807) is 11.3 Å². The van der Waals surface area contributed by atoms with Crippen LogP contribution in [-0.2, 0) is 0 Å². The molecule has 0 radical (unpaired) electrons. The summed E-state index contributed by atoms with van der Waals surface area (Å²) < 4.78 is 0. The maximum Gasteiger partial charge on any atom is 0.225 e. The van der Waals surface area contributed by atoms with E-state index in [0.29, 0.717) is 5.28 Å². The number of piperidine rings is 1. The topological polar surface area (TPSA) is 29.0 Å². The summed E-state index contributed by atoms with van der Waals surface area (Å²) in [4.78, 5) is 13.3. The molecule has 0 spiro atoms. The Bertz CT molecular complexity index is 546. The van der Waals surface area contributed by atoms with Gasteiger partial charge >= 0.3 is 0 Å². The van der Waals surface area contributed by atoms with Gasteiger partial charge in [-0.25, -0.2) is 4.98 Å². The van der Waals surface area contributed by atoms with E-state index >= 15 is 0 Å². The molecule has 0 N–H and O–H groups in total. The summed E-state index contributed by atoms with van der Waals surface area (Å²) >= 11 is 7.69. The second kappa shape index (κ2) is 4.42. The monoisotopic (exact) mass is 267 g/mol. The van der Waals surface area contributed by atoms with Crippen molar-refractivity contribution in [3.05, 3.63) is 16.2 Å². The molecule has 0 aromatic carbocycles. The fourth-order valence-electron chi connectivity index (χ4n) is 2.35. The SMILES string of the molecule is Cc1cc2c(N3CCCCC3)nc(Cl)nc2s1. The van der Waals surface area contributed by atoms with Crippen molar-refractivity contribution >= 4 is 39.0 Å². The first-order valence-corrected chi connectivity index (χ1v) is 7.12. The molecule has 2 aromatic heterocycles. The van der Waals surface area contributed by atoms with Gasteiger partial charge in [-0.15, -0.1) is 11.3 Å². The van der Waals surface area contributed by atoms with Crippen LogP contribution in [0.2, 0.25) is 5.28 Å². The lowest BCUT2D eigenvalue weighted by atomic mass is 10.1. The number of anilines is 1. The van der Waals surface area contributed by atoms with E-state index in [0.717, 1.165) is 29.1 Å². The van der Waals surface area contributed by atoms with Crippen molar-refractivity contribution in [1.82, 2.24) is 9.97 Å². The fourth-order valence-corrected chi connectivity index (χ4v) is 3.44. The van der Waals surface area contributed by atoms with E-state index < -0.39 is 0 Å². The van der Waals surface area contributed by atoms with Crippen LogP contribution in [0.15, 0.2) is 6.07 Å². The van der Waals surface area contributed by atoms with Crippen LogP contribution in [0, 0.1) is 6.92 Å². The molecule has 0 saturated carbocycles. The van der Waals surface area contributed by atoms with Crippen molar-refractivity contribution in [2.24, 2.45) is 0 Å². The lowest BCUT2D eigenvalue weighted by molar-refractivity contribution is 0.574. The Balaban J connectivity index is 2.12. The lowest BCUT2D eigenvalue weighted by Crippen LogP contribution is -2.30. The zero-order chi connectivity index (χ0) is 11.8. The van der Waals surface area contributed by atoms with E-state index in [2.05, 4.69) is 27.9 Å². The van der Waals surface area contributed by atoms with Crippen LogP contribution in [0.4, 0.5) is 5.82 Å². The molecule has 1 fully saturated rings. The summed E-state index contributed by atoms with van der Waals surface area (Å²) in [7, 11) is 0. The third-order valence-corrected chi connectivity index (χ3v) is 4.24. The molecule has 0 atom stereocenters. The zero-order valence-corrected chi connectivity index (χ0v) is 11.3. The van der Waals surface area contributed by atoms with Crippen LogP contribution in [0.25, 0.3) is 10.2 Å². The number of aryl methyl sites for hydroxylation is 1. The standard InChI is InChI=1S/C12H14ClN3S/c1-8-7-9-10(16-5-3-2-4-6-16)14-12(13)15-11(9)17-8/h7H,2-6H2,1H3. The van der Waals surface area contributed by atoms with Gasteiger partial charge in [0.05, 0.1) is 5.39 Å². The van der Waals surface area contributed by atoms with E-state index in [9.17, 15) is 0 Å². The van der Waals surface area contributed by atoms with Crippen molar-refractivity contribution in [3.8, 4) is 0 Å². The number of thiophene rings is 1. The Morgan fingerprint density at radius 1 is 1.24 bits per heavy atom. The molecule has 0 unspecified atom stereocenters. The third kappa shape index (κ3) is 2.11. The molecule has 0 aliphatic carbocycles. The number of fused-ring (bicyclic) bond motifs is 1. The van der Waals surface area contributed by atoms with Gasteiger partial charge in [-0.3, -0.25) is 0 Å². The number of hydrogen-bond acceptors (Lipinski definition) is 4. The van der Waals surface area contributed by atoms with Gasteiger partial charge in [-0.05, 0) is 43.9 Å². The van der Waals surface area contributed by atoms with Gasteiger partial charge in [-0.2, -0.15) is 4.98 Å². The molecule has 0 bridgehead atoms. The summed E-state index contributed by atoms with van der Waals surface area (Å²) in [5, 5.41) is 1.51. The second-order valence-electron chi connectivity index (χ2n) is 4.44. The smallest absolute Gasteiger partial charge is 0.225 e. The van der Waals surface area contributed by atoms with Crippen molar-refractivity contribution in [2.45, 2.75) is 26.2 Å². The van der Waals surface area contributed by atoms with E-state index in [1.165, 1.54) is 24.1 Å². The normalized spacial score (nSPS) is 16.7. The first-order chi connectivity index (χ1) is 8.24. The van der Waals surface area contributed by atoms with Crippen molar-refractivity contribution in [3.63, 3.8) is 0 Å². The summed E-state index contributed by atoms with van der Waals surface area (Å²) in [6.45, 7) is 4.26. The Labute approximate surface area is 109 Å². The average Bonchev–Trinajstić information content (AvgIpc) is 2.69. The molecule has 2 aromatic rings. The summed E-state index contributed by atoms with van der Waals surface area (Å²) in [6.07, 6.45) is 3.81. The Kier molecular flexibility index (Phi) is 2.92. The minimum absolute atomic E-state index is 0.361. The van der Waals surface area contributed by atoms with E-state index in [4.69, 9.17) is 11.6 Å². The molecule has 17 heavy (non-hydrogen) atoms. The summed E-state index contributed by atoms with van der Waals surface area (Å²) in [6, 6.07) is 2.17. The molecule has 0 amide bonds. The Morgan fingerprint density at radius 3 is 2.76 bits per heavy atom. The molecule has 1 aliphatic rings. The first-order valence-electron chi connectivity index (χ1n) is 5.93. The molecular formula is C12H14ClN3S. The van der Waals surface area contributed by atoms with Crippen LogP contribution >= 0.6 is 22.9 Å². The predicted molar refractivity (Wildman–Crippen MR) is 73.2 cm³/mol. The van der Waals surface area contributed by atoms with Gasteiger partial charge in [0.1, 0.15) is 10.6 Å². The molecule has 1 aliphatic heterocycles. The second-order valence-corrected chi connectivity index (χ2v) is 6.01. The van der Waals surface area contributed by atoms with Crippen LogP contribution in [0.1, 0.15) is 24.1 Å². The van der Waals surface area contributed by atoms with E-state index in [-0.39, 0.29) is 0 Å². The molecule has 5 heteroatoms. The molecule has 90 valence electrons. The number of rotatable bonds is 1. The maximum absolute atomic E-state index is 6.01. The number of nitrogens with zero attached hydrogens (tertiary/aromatic N) is 3. The van der Waals surface area contributed by atoms with Crippen molar-refractivity contribution in [2.75, 3.05) is 18.0 Å². The lowest BCUT2D eigenvalue weighted by Gasteiger charge is -2.28. The van der Waals surface area contributed by atoms with Crippen LogP contribution < -0.4 is 4.90 Å². The van der Waals surface area contributed by atoms with E-state index in [1.807, 2.05) is 0 Å². The van der Waals surface area contributed by atoms with Crippen molar-refractivity contribution in [1.29, 1.82) is 0 Å². The van der Waals surface area contributed by atoms with Crippen LogP contribution in [0.5, 0.6) is 0 Å². The van der Waals surface area contributed by atoms with Gasteiger partial charge in [-0.1, -0.05) is 0 Å². The van der Waals surface area contributed by atoms with Gasteiger partial charge in [0.2, 0.25) is 5.28 Å². The molecule has 3 heterocycles. The Morgan fingerprint density at radius 2 is 2.00 bits per heavy atom. The zero-order valence-electron chi connectivity index (χ0n) is 9.74. The number of halogens is 1. The highest BCUT2D eigenvalue weighted by Crippen LogP contribution is 2.32. The fraction of sp³-hybridized carbons (Fsp3) is 0.500. The van der Waals surface area contributed by atoms with Crippen LogP contribution in [0.3, 0.4) is 0 Å². The number of aromatic nitrogens is 2. The molecule has 3 nitrogen and oxygen atoms in total. The molecular weight excluding hydrogens is 254 g/mol. The highest BCUT2D eigenvalue weighted by Gasteiger charge is 2.17. The maximum atomic E-state index is 6.01. The summed E-state index contributed by atoms with van der Waals surface area (Å²) in [5.41, 5.74) is 0. The predicted octanol–water partition coefficient (Wildman–Crippen LogP) is 3.64. The molecule has 3 rings (SSSR count).